The Hall–Kier alpha value is -2.39. The second-order valence-corrected chi connectivity index (χ2v) is 6.68. The molecule has 1 aliphatic rings. The van der Waals surface area contributed by atoms with Gasteiger partial charge in [-0.25, -0.2) is 8.78 Å². The van der Waals surface area contributed by atoms with Crippen molar-refractivity contribution in [2.75, 3.05) is 5.32 Å². The summed E-state index contributed by atoms with van der Waals surface area (Å²) in [6.45, 7) is 0. The third kappa shape index (κ3) is 3.51. The fourth-order valence-electron chi connectivity index (χ4n) is 2.64. The molecule has 28 heavy (non-hydrogen) atoms. The van der Waals surface area contributed by atoms with Gasteiger partial charge in [0.1, 0.15) is 5.82 Å². The number of carbonyl (C=O) groups is 1. The summed E-state index contributed by atoms with van der Waals surface area (Å²) < 4.78 is 68.5. The van der Waals surface area contributed by atoms with Crippen molar-refractivity contribution in [3.8, 4) is 0 Å². The molecule has 2 aromatic carbocycles. The lowest BCUT2D eigenvalue weighted by Gasteiger charge is -2.29. The van der Waals surface area contributed by atoms with E-state index in [1.54, 1.807) is 0 Å². The number of hydrogen-bond acceptors (Lipinski definition) is 4. The molecule has 0 aliphatic carbocycles. The van der Waals surface area contributed by atoms with Gasteiger partial charge in [-0.2, -0.15) is 13.2 Å². The maximum absolute atomic E-state index is 13.8. The van der Waals surface area contributed by atoms with E-state index in [-0.39, 0.29) is 23.4 Å². The standard InChI is InChI=1S/C17H9Cl2F5N2O2/c18-11-4-9(5-12(19)15(11)21)16(17(22,23)24)6-14(26-28-16)25-10-1-2-13(20)8(3-10)7-27/h1-5,7H,6H2,(H,25,26). The lowest BCUT2D eigenvalue weighted by atomic mass is 9.89. The van der Waals surface area contributed by atoms with Crippen molar-refractivity contribution in [3.63, 3.8) is 0 Å². The van der Waals surface area contributed by atoms with Crippen LogP contribution in [0.25, 0.3) is 0 Å². The number of alkyl halides is 3. The number of oxime groups is 1. The van der Waals surface area contributed by atoms with Crippen molar-refractivity contribution in [2.24, 2.45) is 5.16 Å². The normalized spacial score (nSPS) is 19.2. The van der Waals surface area contributed by atoms with Gasteiger partial charge in [0.2, 0.25) is 0 Å². The number of benzene rings is 2. The van der Waals surface area contributed by atoms with E-state index < -0.39 is 45.4 Å². The van der Waals surface area contributed by atoms with Crippen LogP contribution in [0.5, 0.6) is 0 Å². The zero-order chi connectivity index (χ0) is 20.7. The first-order chi connectivity index (χ1) is 13.1. The molecule has 1 N–H and O–H groups in total. The van der Waals surface area contributed by atoms with Crippen LogP contribution in [0.15, 0.2) is 35.5 Å². The van der Waals surface area contributed by atoms with E-state index in [2.05, 4.69) is 10.5 Å². The molecule has 11 heteroatoms. The third-order valence-electron chi connectivity index (χ3n) is 4.05. The van der Waals surface area contributed by atoms with Gasteiger partial charge in [0.15, 0.2) is 17.9 Å². The highest BCUT2D eigenvalue weighted by atomic mass is 35.5. The minimum absolute atomic E-state index is 0.124. The molecule has 1 unspecified atom stereocenters. The topological polar surface area (TPSA) is 50.7 Å². The van der Waals surface area contributed by atoms with E-state index in [4.69, 9.17) is 28.0 Å². The molecule has 1 aliphatic heterocycles. The zero-order valence-electron chi connectivity index (χ0n) is 13.6. The van der Waals surface area contributed by atoms with E-state index in [0.717, 1.165) is 24.3 Å². The van der Waals surface area contributed by atoms with Gasteiger partial charge < -0.3 is 10.2 Å². The van der Waals surface area contributed by atoms with E-state index in [1.807, 2.05) is 0 Å². The molecule has 4 nitrogen and oxygen atoms in total. The largest absolute Gasteiger partial charge is 0.435 e. The number of amidine groups is 1. The minimum Gasteiger partial charge on any atom is -0.372 e. The molecule has 0 aromatic heterocycles. The molecule has 0 fully saturated rings. The summed E-state index contributed by atoms with van der Waals surface area (Å²) in [6.07, 6.45) is -5.51. The number of nitrogens with one attached hydrogen (secondary N) is 1. The molecule has 0 saturated heterocycles. The summed E-state index contributed by atoms with van der Waals surface area (Å²) >= 11 is 11.2. The number of carbonyl (C=O) groups excluding carboxylic acids is 1. The summed E-state index contributed by atoms with van der Waals surface area (Å²) in [7, 11) is 0. The minimum atomic E-state index is -4.96. The molecule has 1 atom stereocenters. The van der Waals surface area contributed by atoms with Crippen molar-refractivity contribution < 1.29 is 31.6 Å². The first-order valence-corrected chi connectivity index (χ1v) is 8.31. The molecular weight excluding hydrogens is 430 g/mol. The van der Waals surface area contributed by atoms with Crippen LogP contribution in [0.4, 0.5) is 27.6 Å². The molecular formula is C17H9Cl2F5N2O2. The smallest absolute Gasteiger partial charge is 0.372 e. The highest BCUT2D eigenvalue weighted by Gasteiger charge is 2.62. The maximum atomic E-state index is 13.8. The van der Waals surface area contributed by atoms with Crippen LogP contribution in [0, 0.1) is 11.6 Å². The molecule has 0 bridgehead atoms. The fourth-order valence-corrected chi connectivity index (χ4v) is 3.12. The monoisotopic (exact) mass is 438 g/mol. The Balaban J connectivity index is 1.94. The molecule has 0 spiro atoms. The van der Waals surface area contributed by atoms with Crippen molar-refractivity contribution in [2.45, 2.75) is 18.2 Å². The van der Waals surface area contributed by atoms with Crippen LogP contribution in [0.2, 0.25) is 10.0 Å². The Bertz CT molecular complexity index is 958. The Labute approximate surface area is 164 Å². The van der Waals surface area contributed by atoms with Crippen LogP contribution in [-0.2, 0) is 10.4 Å². The van der Waals surface area contributed by atoms with Gasteiger partial charge in [-0.15, -0.1) is 0 Å². The van der Waals surface area contributed by atoms with Gasteiger partial charge in [0.25, 0.3) is 5.60 Å². The first kappa shape index (κ1) is 20.3. The second-order valence-electron chi connectivity index (χ2n) is 5.86. The van der Waals surface area contributed by atoms with Gasteiger partial charge in [0.05, 0.1) is 22.0 Å². The van der Waals surface area contributed by atoms with Crippen LogP contribution >= 0.6 is 23.2 Å². The van der Waals surface area contributed by atoms with E-state index >= 15 is 0 Å². The Morgan fingerprint density at radius 1 is 1.14 bits per heavy atom. The van der Waals surface area contributed by atoms with Gasteiger partial charge in [-0.05, 0) is 30.3 Å². The Kier molecular flexibility index (Phi) is 5.24. The quantitative estimate of drug-likeness (QED) is 0.380. The number of anilines is 1. The van der Waals surface area contributed by atoms with Crippen molar-refractivity contribution in [3.05, 3.63) is 63.1 Å². The summed E-state index contributed by atoms with van der Waals surface area (Å²) in [5, 5.41) is 4.74. The molecule has 0 amide bonds. The molecule has 0 radical (unpaired) electrons. The van der Waals surface area contributed by atoms with Gasteiger partial charge in [-0.3, -0.25) is 4.79 Å². The second kappa shape index (κ2) is 7.21. The van der Waals surface area contributed by atoms with Gasteiger partial charge in [0, 0.05) is 11.3 Å². The van der Waals surface area contributed by atoms with Crippen LogP contribution in [0.1, 0.15) is 22.3 Å². The Morgan fingerprint density at radius 2 is 1.79 bits per heavy atom. The predicted octanol–water partition coefficient (Wildman–Crippen LogP) is 5.69. The lowest BCUT2D eigenvalue weighted by Crippen LogP contribution is -2.43. The molecule has 3 rings (SSSR count). The lowest BCUT2D eigenvalue weighted by molar-refractivity contribution is -0.275. The zero-order valence-corrected chi connectivity index (χ0v) is 15.1. The third-order valence-corrected chi connectivity index (χ3v) is 4.60. The Morgan fingerprint density at radius 3 is 2.36 bits per heavy atom. The molecule has 2 aromatic rings. The van der Waals surface area contributed by atoms with Crippen molar-refractivity contribution in [1.29, 1.82) is 0 Å². The van der Waals surface area contributed by atoms with Crippen LogP contribution in [0.3, 0.4) is 0 Å². The number of hydrogen-bond donors (Lipinski definition) is 1. The van der Waals surface area contributed by atoms with Crippen molar-refractivity contribution >= 4 is 41.0 Å². The molecule has 148 valence electrons. The SMILES string of the molecule is O=Cc1cc(NC2=NOC(c3cc(Cl)c(F)c(Cl)c3)(C(F)(F)F)C2)ccc1F. The van der Waals surface area contributed by atoms with Crippen molar-refractivity contribution in [1.82, 2.24) is 0 Å². The average molecular weight is 439 g/mol. The highest BCUT2D eigenvalue weighted by molar-refractivity contribution is 6.35. The summed E-state index contributed by atoms with van der Waals surface area (Å²) in [6, 6.07) is 4.81. The average Bonchev–Trinajstić information content (AvgIpc) is 3.06. The predicted molar refractivity (Wildman–Crippen MR) is 92.7 cm³/mol. The van der Waals surface area contributed by atoms with E-state index in [9.17, 15) is 26.7 Å². The summed E-state index contributed by atoms with van der Waals surface area (Å²) in [5.74, 6) is -2.10. The van der Waals surface area contributed by atoms with E-state index in [1.165, 1.54) is 6.07 Å². The number of rotatable bonds is 3. The summed E-state index contributed by atoms with van der Waals surface area (Å²) in [4.78, 5) is 15.5. The van der Waals surface area contributed by atoms with Crippen LogP contribution < -0.4 is 5.32 Å². The van der Waals surface area contributed by atoms with Gasteiger partial charge >= 0.3 is 6.18 Å². The summed E-state index contributed by atoms with van der Waals surface area (Å²) in [5.41, 5.74) is -3.66. The number of aldehydes is 1. The van der Waals surface area contributed by atoms with Gasteiger partial charge in [-0.1, -0.05) is 28.4 Å². The maximum Gasteiger partial charge on any atom is 0.435 e. The fraction of sp³-hybridized carbons (Fsp3) is 0.176. The number of nitrogens with zero attached hydrogens (tertiary/aromatic N) is 1. The number of halogens is 7. The highest BCUT2D eigenvalue weighted by Crippen LogP contribution is 2.49. The van der Waals surface area contributed by atoms with E-state index in [0.29, 0.717) is 0 Å². The molecule has 0 saturated carbocycles. The molecule has 1 heterocycles. The van der Waals surface area contributed by atoms with Crippen LogP contribution in [-0.4, -0.2) is 18.3 Å². The first-order valence-electron chi connectivity index (χ1n) is 7.56.